The summed E-state index contributed by atoms with van der Waals surface area (Å²) in [5, 5.41) is 3.88. The Balaban J connectivity index is 1.69. The van der Waals surface area contributed by atoms with Crippen LogP contribution in [0.3, 0.4) is 0 Å². The van der Waals surface area contributed by atoms with E-state index in [1.54, 1.807) is 25.4 Å². The Bertz CT molecular complexity index is 1350. The molecule has 1 N–H and O–H groups in total. The highest BCUT2D eigenvalue weighted by Gasteiger charge is 2.43. The molecule has 7 heteroatoms. The standard InChI is InChI=1S/C27H25FN4OS/c1-17-15-21(18(2)31(17)19-9-8-10-20(16-19)33-3)26-25(23-12-6-7-14-29-23)30-27(34)32(26)24-13-5-4-11-22(24)28/h4-16,25-26H,1-3H3,(H,30,34)/t25-,26+/m0/s1. The Morgan fingerprint density at radius 1 is 1.00 bits per heavy atom. The molecule has 0 radical (unpaired) electrons. The molecule has 1 saturated heterocycles. The van der Waals surface area contributed by atoms with Crippen LogP contribution in [0.1, 0.15) is 34.7 Å². The number of halogens is 1. The summed E-state index contributed by atoms with van der Waals surface area (Å²) < 4.78 is 22.6. The van der Waals surface area contributed by atoms with Crippen molar-refractivity contribution in [3.05, 3.63) is 107 Å². The minimum atomic E-state index is -0.320. The van der Waals surface area contributed by atoms with Gasteiger partial charge in [-0.05, 0) is 74.1 Å². The van der Waals surface area contributed by atoms with Crippen LogP contribution in [0, 0.1) is 19.7 Å². The lowest BCUT2D eigenvalue weighted by Crippen LogP contribution is -2.30. The number of rotatable bonds is 5. The smallest absolute Gasteiger partial charge is 0.174 e. The number of pyridine rings is 1. The quantitative estimate of drug-likeness (QED) is 0.371. The van der Waals surface area contributed by atoms with Gasteiger partial charge in [0.25, 0.3) is 0 Å². The predicted octanol–water partition coefficient (Wildman–Crippen LogP) is 5.81. The maximum Gasteiger partial charge on any atom is 0.174 e. The Morgan fingerprint density at radius 3 is 2.53 bits per heavy atom. The molecule has 0 bridgehead atoms. The van der Waals surface area contributed by atoms with Crippen LogP contribution in [0.15, 0.2) is 79.0 Å². The third kappa shape index (κ3) is 3.72. The van der Waals surface area contributed by atoms with Crippen molar-refractivity contribution in [2.45, 2.75) is 25.9 Å². The second-order valence-electron chi connectivity index (χ2n) is 8.31. The topological polar surface area (TPSA) is 42.3 Å². The van der Waals surface area contributed by atoms with Crippen LogP contribution < -0.4 is 15.0 Å². The number of aryl methyl sites for hydroxylation is 1. The maximum absolute atomic E-state index is 15.0. The zero-order chi connectivity index (χ0) is 23.8. The number of para-hydroxylation sites is 1. The van der Waals surface area contributed by atoms with Gasteiger partial charge < -0.3 is 19.5 Å². The molecule has 1 aliphatic heterocycles. The Labute approximate surface area is 203 Å². The van der Waals surface area contributed by atoms with Crippen LogP contribution in [-0.2, 0) is 0 Å². The van der Waals surface area contributed by atoms with Gasteiger partial charge in [0.2, 0.25) is 0 Å². The first-order valence-electron chi connectivity index (χ1n) is 11.1. The molecule has 5 rings (SSSR count). The number of aromatic nitrogens is 2. The molecule has 5 nitrogen and oxygen atoms in total. The predicted molar refractivity (Wildman–Crippen MR) is 136 cm³/mol. The molecule has 34 heavy (non-hydrogen) atoms. The molecule has 0 saturated carbocycles. The van der Waals surface area contributed by atoms with Gasteiger partial charge in [0.1, 0.15) is 11.6 Å². The van der Waals surface area contributed by atoms with E-state index in [9.17, 15) is 0 Å². The van der Waals surface area contributed by atoms with E-state index in [1.807, 2.05) is 47.4 Å². The van der Waals surface area contributed by atoms with Crippen LogP contribution in [0.5, 0.6) is 5.75 Å². The van der Waals surface area contributed by atoms with Gasteiger partial charge in [0.15, 0.2) is 5.11 Å². The van der Waals surface area contributed by atoms with Crippen molar-refractivity contribution in [2.75, 3.05) is 12.0 Å². The van der Waals surface area contributed by atoms with Gasteiger partial charge >= 0.3 is 0 Å². The first-order valence-corrected chi connectivity index (χ1v) is 11.5. The lowest BCUT2D eigenvalue weighted by atomic mass is 9.96. The molecular weight excluding hydrogens is 447 g/mol. The minimum absolute atomic E-state index is 0.243. The molecule has 2 aromatic heterocycles. The van der Waals surface area contributed by atoms with Gasteiger partial charge in [0, 0.05) is 29.3 Å². The number of benzene rings is 2. The molecule has 2 aromatic carbocycles. The van der Waals surface area contributed by atoms with Crippen molar-refractivity contribution in [2.24, 2.45) is 0 Å². The SMILES string of the molecule is COc1cccc(-n2c(C)cc([C@@H]3[C@H](c4ccccn4)NC(=S)N3c3ccccc3F)c2C)c1. The summed E-state index contributed by atoms with van der Waals surface area (Å²) in [5.74, 6) is 0.467. The van der Waals surface area contributed by atoms with Crippen molar-refractivity contribution >= 4 is 23.0 Å². The largest absolute Gasteiger partial charge is 0.497 e. The van der Waals surface area contributed by atoms with E-state index in [-0.39, 0.29) is 17.9 Å². The van der Waals surface area contributed by atoms with Crippen LogP contribution in [-0.4, -0.2) is 21.8 Å². The van der Waals surface area contributed by atoms with Crippen molar-refractivity contribution in [3.8, 4) is 11.4 Å². The van der Waals surface area contributed by atoms with Gasteiger partial charge in [-0.3, -0.25) is 4.98 Å². The second kappa shape index (κ2) is 8.91. The highest BCUT2D eigenvalue weighted by Crippen LogP contribution is 2.44. The monoisotopic (exact) mass is 472 g/mol. The normalized spacial score (nSPS) is 17.6. The lowest BCUT2D eigenvalue weighted by molar-refractivity contribution is 0.414. The summed E-state index contributed by atoms with van der Waals surface area (Å²) in [6.07, 6.45) is 1.77. The van der Waals surface area contributed by atoms with Crippen LogP contribution in [0.2, 0.25) is 0 Å². The number of nitrogens with zero attached hydrogens (tertiary/aromatic N) is 3. The molecule has 1 fully saturated rings. The highest BCUT2D eigenvalue weighted by atomic mass is 32.1. The van der Waals surface area contributed by atoms with E-state index in [0.717, 1.165) is 34.1 Å². The number of ether oxygens (including phenoxy) is 1. The first-order chi connectivity index (χ1) is 16.5. The summed E-state index contributed by atoms with van der Waals surface area (Å²) in [4.78, 5) is 6.47. The zero-order valence-electron chi connectivity index (χ0n) is 19.2. The molecule has 2 atom stereocenters. The van der Waals surface area contributed by atoms with Crippen molar-refractivity contribution in [1.82, 2.24) is 14.9 Å². The summed E-state index contributed by atoms with van der Waals surface area (Å²) >= 11 is 5.74. The van der Waals surface area contributed by atoms with Crippen LogP contribution >= 0.6 is 12.2 Å². The fourth-order valence-corrected chi connectivity index (χ4v) is 5.15. The molecule has 0 aliphatic carbocycles. The number of hydrogen-bond donors (Lipinski definition) is 1. The third-order valence-electron chi connectivity index (χ3n) is 6.31. The minimum Gasteiger partial charge on any atom is -0.497 e. The number of anilines is 1. The van der Waals surface area contributed by atoms with Gasteiger partial charge in [-0.15, -0.1) is 0 Å². The number of hydrogen-bond acceptors (Lipinski definition) is 3. The Morgan fingerprint density at radius 2 is 1.79 bits per heavy atom. The van der Waals surface area contributed by atoms with E-state index in [0.29, 0.717) is 10.8 Å². The van der Waals surface area contributed by atoms with Crippen LogP contribution in [0.4, 0.5) is 10.1 Å². The van der Waals surface area contributed by atoms with Crippen molar-refractivity contribution < 1.29 is 9.13 Å². The number of methoxy groups -OCH3 is 1. The molecule has 172 valence electrons. The molecule has 0 unspecified atom stereocenters. The molecular formula is C27H25FN4OS. The van der Waals surface area contributed by atoms with E-state index >= 15 is 4.39 Å². The third-order valence-corrected chi connectivity index (χ3v) is 6.63. The summed E-state index contributed by atoms with van der Waals surface area (Å²) in [6.45, 7) is 4.15. The van der Waals surface area contributed by atoms with Gasteiger partial charge in [0.05, 0.1) is 30.6 Å². The molecule has 0 spiro atoms. The molecule has 0 amide bonds. The molecule has 4 aromatic rings. The fraction of sp³-hybridized carbons (Fsp3) is 0.185. The van der Waals surface area contributed by atoms with E-state index in [2.05, 4.69) is 40.8 Å². The van der Waals surface area contributed by atoms with E-state index in [1.165, 1.54) is 6.07 Å². The zero-order valence-corrected chi connectivity index (χ0v) is 20.0. The molecule has 3 heterocycles. The number of nitrogens with one attached hydrogen (secondary N) is 1. The highest BCUT2D eigenvalue weighted by molar-refractivity contribution is 7.80. The molecule has 1 aliphatic rings. The summed E-state index contributed by atoms with van der Waals surface area (Å²) in [6, 6.07) is 22.1. The average Bonchev–Trinajstić information content (AvgIpc) is 3.35. The van der Waals surface area contributed by atoms with E-state index in [4.69, 9.17) is 17.0 Å². The maximum atomic E-state index is 15.0. The van der Waals surface area contributed by atoms with Gasteiger partial charge in [-0.2, -0.15) is 0 Å². The lowest BCUT2D eigenvalue weighted by Gasteiger charge is -2.28. The Hall–Kier alpha value is -3.71. The van der Waals surface area contributed by atoms with Crippen LogP contribution in [0.25, 0.3) is 5.69 Å². The fourth-order valence-electron chi connectivity index (χ4n) is 4.81. The average molecular weight is 473 g/mol. The van der Waals surface area contributed by atoms with Crippen molar-refractivity contribution in [3.63, 3.8) is 0 Å². The first kappa shape index (κ1) is 22.1. The summed E-state index contributed by atoms with van der Waals surface area (Å²) in [7, 11) is 1.66. The van der Waals surface area contributed by atoms with E-state index < -0.39 is 0 Å². The number of thiocarbonyl (C=S) groups is 1. The van der Waals surface area contributed by atoms with Crippen molar-refractivity contribution in [1.29, 1.82) is 0 Å². The van der Waals surface area contributed by atoms with Gasteiger partial charge in [-0.1, -0.05) is 24.3 Å². The summed E-state index contributed by atoms with van der Waals surface area (Å²) in [5.41, 5.74) is 5.44. The second-order valence-corrected chi connectivity index (χ2v) is 8.70. The van der Waals surface area contributed by atoms with Gasteiger partial charge in [-0.25, -0.2) is 4.39 Å². The Kier molecular flexibility index (Phi) is 5.79.